The van der Waals surface area contributed by atoms with Gasteiger partial charge >= 0.3 is 5.97 Å². The number of ether oxygens (including phenoxy) is 6. The van der Waals surface area contributed by atoms with Crippen molar-refractivity contribution in [2.75, 3.05) is 41.0 Å². The van der Waals surface area contributed by atoms with Gasteiger partial charge in [-0.2, -0.15) is 0 Å². The van der Waals surface area contributed by atoms with Crippen LogP contribution in [0.4, 0.5) is 0 Å². The lowest BCUT2D eigenvalue weighted by Crippen LogP contribution is -2.45. The molecular weight excluding hydrogens is 440 g/mol. The molecule has 198 valence electrons. The Balaban J connectivity index is 1.83. The average molecular weight is 487 g/mol. The second-order valence-corrected chi connectivity index (χ2v) is 10.4. The number of carboxylic acid groups (broad SMARTS) is 1. The van der Waals surface area contributed by atoms with Crippen LogP contribution in [0.3, 0.4) is 0 Å². The van der Waals surface area contributed by atoms with Crippen molar-refractivity contribution in [2.24, 2.45) is 17.3 Å². The molecule has 2 aliphatic rings. The Morgan fingerprint density at radius 2 is 1.79 bits per heavy atom. The topological polar surface area (TPSA) is 96.0 Å². The fourth-order valence-electron chi connectivity index (χ4n) is 5.04. The number of rotatable bonds is 19. The molecule has 8 heteroatoms. The molecule has 1 unspecified atom stereocenters. The highest BCUT2D eigenvalue weighted by molar-refractivity contribution is 5.75. The Morgan fingerprint density at radius 3 is 2.38 bits per heavy atom. The Labute approximate surface area is 205 Å². The van der Waals surface area contributed by atoms with Crippen molar-refractivity contribution in [3.8, 4) is 0 Å². The summed E-state index contributed by atoms with van der Waals surface area (Å²) in [4.78, 5) is 11.9. The van der Waals surface area contributed by atoms with Crippen LogP contribution in [0.5, 0.6) is 0 Å². The normalized spacial score (nSPS) is 25.1. The van der Waals surface area contributed by atoms with Gasteiger partial charge in [-0.3, -0.25) is 0 Å². The van der Waals surface area contributed by atoms with E-state index in [9.17, 15) is 9.90 Å². The van der Waals surface area contributed by atoms with E-state index < -0.39 is 11.8 Å². The summed E-state index contributed by atoms with van der Waals surface area (Å²) in [7, 11) is 2.88. The van der Waals surface area contributed by atoms with Crippen LogP contribution in [0.25, 0.3) is 0 Å². The molecule has 1 aliphatic heterocycles. The minimum atomic E-state index is -1.81. The lowest BCUT2D eigenvalue weighted by Gasteiger charge is -2.28. The van der Waals surface area contributed by atoms with E-state index in [0.29, 0.717) is 18.3 Å². The molecule has 0 aromatic carbocycles. The third kappa shape index (κ3) is 8.88. The van der Waals surface area contributed by atoms with E-state index in [2.05, 4.69) is 20.4 Å². The van der Waals surface area contributed by atoms with Gasteiger partial charge in [-0.15, -0.1) is 0 Å². The van der Waals surface area contributed by atoms with Gasteiger partial charge < -0.3 is 33.5 Å². The molecule has 0 aromatic heterocycles. The summed E-state index contributed by atoms with van der Waals surface area (Å²) >= 11 is 0. The van der Waals surface area contributed by atoms with Crippen molar-refractivity contribution in [3.05, 3.63) is 12.2 Å². The van der Waals surface area contributed by atoms with Gasteiger partial charge in [0.25, 0.3) is 5.79 Å². The van der Waals surface area contributed by atoms with Gasteiger partial charge in [0.1, 0.15) is 13.6 Å². The van der Waals surface area contributed by atoms with Gasteiger partial charge in [0, 0.05) is 27.2 Å². The minimum Gasteiger partial charge on any atom is -0.477 e. The number of carbonyl (C=O) groups is 1. The zero-order chi connectivity index (χ0) is 25.2. The molecule has 0 aromatic rings. The molecule has 2 fully saturated rings. The van der Waals surface area contributed by atoms with E-state index in [0.717, 1.165) is 32.5 Å². The number of epoxide rings is 1. The van der Waals surface area contributed by atoms with E-state index in [1.54, 1.807) is 0 Å². The van der Waals surface area contributed by atoms with Crippen LogP contribution >= 0.6 is 0 Å². The summed E-state index contributed by atoms with van der Waals surface area (Å²) in [6, 6.07) is 0. The predicted molar refractivity (Wildman–Crippen MR) is 128 cm³/mol. The molecule has 1 heterocycles. The maximum Gasteiger partial charge on any atom is 0.364 e. The lowest BCUT2D eigenvalue weighted by atomic mass is 9.82. The first kappa shape index (κ1) is 29.2. The summed E-state index contributed by atoms with van der Waals surface area (Å²) < 4.78 is 32.2. The fourth-order valence-corrected chi connectivity index (χ4v) is 5.04. The molecule has 0 amide bonds. The van der Waals surface area contributed by atoms with Crippen LogP contribution in [0.2, 0.25) is 0 Å². The molecule has 4 atom stereocenters. The monoisotopic (exact) mass is 486 g/mol. The van der Waals surface area contributed by atoms with E-state index in [1.165, 1.54) is 39.1 Å². The van der Waals surface area contributed by atoms with Crippen LogP contribution in [-0.2, 0) is 33.2 Å². The quantitative estimate of drug-likeness (QED) is 0.159. The van der Waals surface area contributed by atoms with E-state index in [4.69, 9.17) is 28.4 Å². The fraction of sp³-hybridized carbons (Fsp3) is 0.885. The average Bonchev–Trinajstić information content (AvgIpc) is 3.46. The van der Waals surface area contributed by atoms with Crippen LogP contribution in [-0.4, -0.2) is 70.1 Å². The second-order valence-electron chi connectivity index (χ2n) is 10.4. The molecule has 8 nitrogen and oxygen atoms in total. The van der Waals surface area contributed by atoms with Crippen LogP contribution in [0.1, 0.15) is 72.1 Å². The van der Waals surface area contributed by atoms with Gasteiger partial charge in [0.2, 0.25) is 0 Å². The minimum absolute atomic E-state index is 0.00944. The van der Waals surface area contributed by atoms with Crippen molar-refractivity contribution < 1.29 is 38.3 Å². The lowest BCUT2D eigenvalue weighted by molar-refractivity contribution is -0.290. The molecular formula is C26H46O8. The van der Waals surface area contributed by atoms with Crippen molar-refractivity contribution in [2.45, 2.75) is 90.1 Å². The first-order valence-corrected chi connectivity index (χ1v) is 12.6. The van der Waals surface area contributed by atoms with Crippen molar-refractivity contribution >= 4 is 5.97 Å². The Morgan fingerprint density at radius 1 is 1.12 bits per heavy atom. The number of hydrogen-bond donors (Lipinski definition) is 1. The Hall–Kier alpha value is -1.03. The number of allylic oxidation sites excluding steroid dienone is 1. The van der Waals surface area contributed by atoms with E-state index >= 15 is 0 Å². The zero-order valence-corrected chi connectivity index (χ0v) is 21.8. The molecule has 1 saturated heterocycles. The zero-order valence-electron chi connectivity index (χ0n) is 21.8. The SMILES string of the molecule is C=C1CC[C@H](CCCC(C)(C)COCC)[C@H]1C[C@H]1OC1CCC(OCOC)(OCOC)C(=O)O. The third-order valence-corrected chi connectivity index (χ3v) is 7.13. The third-order valence-electron chi connectivity index (χ3n) is 7.13. The van der Waals surface area contributed by atoms with Crippen LogP contribution in [0.15, 0.2) is 12.2 Å². The highest BCUT2D eigenvalue weighted by Gasteiger charge is 2.48. The maximum atomic E-state index is 11.9. The van der Waals surface area contributed by atoms with Gasteiger partial charge in [-0.1, -0.05) is 32.4 Å². The summed E-state index contributed by atoms with van der Waals surface area (Å²) in [5.41, 5.74) is 1.54. The smallest absolute Gasteiger partial charge is 0.364 e. The summed E-state index contributed by atoms with van der Waals surface area (Å²) in [6.45, 7) is 12.1. The number of carboxylic acids is 1. The van der Waals surface area contributed by atoms with Gasteiger partial charge in [-0.05, 0) is 62.7 Å². The van der Waals surface area contributed by atoms with Gasteiger partial charge in [-0.25, -0.2) is 4.79 Å². The summed E-state index contributed by atoms with van der Waals surface area (Å²) in [6.07, 6.45) is 7.62. The van der Waals surface area contributed by atoms with Crippen LogP contribution < -0.4 is 0 Å². The summed E-state index contributed by atoms with van der Waals surface area (Å²) in [5, 5.41) is 9.74. The van der Waals surface area contributed by atoms with Crippen molar-refractivity contribution in [3.63, 3.8) is 0 Å². The van der Waals surface area contributed by atoms with E-state index in [-0.39, 0.29) is 37.6 Å². The Bertz CT molecular complexity index is 626. The second kappa shape index (κ2) is 13.9. The maximum absolute atomic E-state index is 11.9. The highest BCUT2D eigenvalue weighted by atomic mass is 16.8. The first-order chi connectivity index (χ1) is 16.2. The van der Waals surface area contributed by atoms with Crippen molar-refractivity contribution in [1.82, 2.24) is 0 Å². The van der Waals surface area contributed by atoms with Crippen LogP contribution in [0, 0.1) is 17.3 Å². The molecule has 1 aliphatic carbocycles. The van der Waals surface area contributed by atoms with Crippen molar-refractivity contribution in [1.29, 1.82) is 0 Å². The Kier molecular flexibility index (Phi) is 11.9. The number of hydrogen-bond acceptors (Lipinski definition) is 7. The molecule has 0 radical (unpaired) electrons. The first-order valence-electron chi connectivity index (χ1n) is 12.6. The van der Waals surface area contributed by atoms with Gasteiger partial charge in [0.15, 0.2) is 0 Å². The molecule has 0 spiro atoms. The van der Waals surface area contributed by atoms with Gasteiger partial charge in [0.05, 0.1) is 18.8 Å². The molecule has 1 N–H and O–H groups in total. The number of methoxy groups -OCH3 is 2. The molecule has 0 bridgehead atoms. The highest BCUT2D eigenvalue weighted by Crippen LogP contribution is 2.46. The standard InChI is InChI=1S/C26H46O8/c1-7-31-16-25(3,4)13-8-9-20-11-10-19(2)21(20)15-23-22(34-23)12-14-26(24(27)28,32-17-29-5)33-18-30-6/h20-23H,2,7-18H2,1,3-6H3,(H,27,28)/t20-,21-,22?,23+/m0/s1. The molecule has 2 rings (SSSR count). The summed E-state index contributed by atoms with van der Waals surface area (Å²) in [5.74, 6) is -1.89. The molecule has 34 heavy (non-hydrogen) atoms. The largest absolute Gasteiger partial charge is 0.477 e. The predicted octanol–water partition coefficient (Wildman–Crippen LogP) is 4.76. The van der Waals surface area contributed by atoms with E-state index in [1.807, 2.05) is 6.92 Å². The number of aliphatic carboxylic acids is 1. The molecule has 1 saturated carbocycles.